The number of imidazole rings is 1. The molecule has 2 aliphatic carbocycles. The molecule has 2 N–H and O–H groups in total. The van der Waals surface area contributed by atoms with E-state index in [4.69, 9.17) is 4.98 Å². The maximum Gasteiger partial charge on any atom is 0.268 e. The number of hydrogen-bond acceptors (Lipinski definition) is 5. The van der Waals surface area contributed by atoms with Gasteiger partial charge in [-0.1, -0.05) is 25.8 Å². The van der Waals surface area contributed by atoms with Crippen LogP contribution in [0.3, 0.4) is 0 Å². The minimum Gasteiger partial charge on any atom is -0.350 e. The number of amides is 3. The Morgan fingerprint density at radius 3 is 2.59 bits per heavy atom. The van der Waals surface area contributed by atoms with Crippen molar-refractivity contribution in [1.82, 2.24) is 14.9 Å². The van der Waals surface area contributed by atoms with E-state index in [1.54, 1.807) is 24.1 Å². The quantitative estimate of drug-likeness (QED) is 0.339. The molecule has 206 valence electrons. The Bertz CT molecular complexity index is 1400. The third kappa shape index (κ3) is 5.61. The van der Waals surface area contributed by atoms with Crippen LogP contribution in [-0.4, -0.2) is 40.4 Å². The van der Waals surface area contributed by atoms with Gasteiger partial charge in [0.15, 0.2) is 0 Å². The van der Waals surface area contributed by atoms with Crippen molar-refractivity contribution in [3.63, 3.8) is 0 Å². The molecule has 2 aliphatic rings. The maximum atomic E-state index is 13.7. The van der Waals surface area contributed by atoms with E-state index in [0.29, 0.717) is 34.1 Å². The summed E-state index contributed by atoms with van der Waals surface area (Å²) in [6.07, 6.45) is 6.67. The molecule has 8 nitrogen and oxygen atoms in total. The molecule has 0 bridgehead atoms. The molecule has 2 aromatic heterocycles. The highest BCUT2D eigenvalue weighted by Crippen LogP contribution is 2.39. The molecule has 0 aliphatic heterocycles. The Morgan fingerprint density at radius 2 is 1.92 bits per heavy atom. The topological polar surface area (TPSA) is 96.3 Å². The van der Waals surface area contributed by atoms with Gasteiger partial charge in [0.25, 0.3) is 5.91 Å². The second-order valence-corrected chi connectivity index (χ2v) is 11.6. The largest absolute Gasteiger partial charge is 0.350 e. The summed E-state index contributed by atoms with van der Waals surface area (Å²) in [4.78, 5) is 45.4. The number of fused-ring (bicyclic) bond motifs is 1. The van der Waals surface area contributed by atoms with Gasteiger partial charge in [-0.25, -0.2) is 9.37 Å². The maximum absolute atomic E-state index is 13.7. The second kappa shape index (κ2) is 11.3. The number of rotatable bonds is 8. The average molecular weight is 552 g/mol. The first kappa shape index (κ1) is 27.1. The molecule has 2 saturated carbocycles. The zero-order chi connectivity index (χ0) is 27.7. The number of halogens is 1. The molecule has 10 heteroatoms. The van der Waals surface area contributed by atoms with Crippen LogP contribution in [0.2, 0.25) is 0 Å². The van der Waals surface area contributed by atoms with Gasteiger partial charge in [-0.05, 0) is 69.0 Å². The van der Waals surface area contributed by atoms with Crippen LogP contribution in [0, 0.1) is 5.92 Å². The van der Waals surface area contributed by atoms with Crippen LogP contribution in [-0.2, 0) is 9.59 Å². The number of carbonyl (C=O) groups excluding carboxylic acids is 3. The molecular weight excluding hydrogens is 517 g/mol. The number of nitrogens with zero attached hydrogens (tertiary/aromatic N) is 3. The number of aromatic nitrogens is 2. The van der Waals surface area contributed by atoms with Crippen LogP contribution in [0.25, 0.3) is 11.0 Å². The predicted molar refractivity (Wildman–Crippen MR) is 152 cm³/mol. The zero-order valence-corrected chi connectivity index (χ0v) is 23.1. The molecule has 1 atom stereocenters. The highest BCUT2D eigenvalue weighted by atomic mass is 32.1. The monoisotopic (exact) mass is 551 g/mol. The second-order valence-electron chi connectivity index (χ2n) is 10.5. The standard InChI is InChI=1S/C29H34FN5O3S/c1-4-26(36)31-19-14-21(15-19)35-23-11-10-20(34(3)28(38)18-8-6-5-7-9-18)16-22(23)32-29(35)33-27(37)25-13-12-24(39-25)17(2)30/h4,10-13,16-19,21H,1,5-9,14-15H2,2-3H3,(H,31,36)(H,32,33,37). The van der Waals surface area contributed by atoms with E-state index in [9.17, 15) is 18.8 Å². The first-order valence-electron chi connectivity index (χ1n) is 13.5. The van der Waals surface area contributed by atoms with E-state index >= 15 is 0 Å². The van der Waals surface area contributed by atoms with Crippen LogP contribution in [0.4, 0.5) is 16.0 Å². The van der Waals surface area contributed by atoms with Gasteiger partial charge >= 0.3 is 0 Å². The van der Waals surface area contributed by atoms with E-state index in [1.807, 2.05) is 22.8 Å². The van der Waals surface area contributed by atoms with Crippen LogP contribution in [0.15, 0.2) is 43.0 Å². The van der Waals surface area contributed by atoms with Crippen molar-refractivity contribution in [3.05, 3.63) is 52.7 Å². The normalized spacial score (nSPS) is 20.2. The fourth-order valence-corrected chi connectivity index (χ4v) is 6.36. The molecule has 39 heavy (non-hydrogen) atoms. The van der Waals surface area contributed by atoms with Crippen LogP contribution in [0.5, 0.6) is 0 Å². The Kier molecular flexibility index (Phi) is 7.83. The van der Waals surface area contributed by atoms with Crippen molar-refractivity contribution in [2.45, 2.75) is 70.1 Å². The molecule has 1 aromatic carbocycles. The van der Waals surface area contributed by atoms with Gasteiger partial charge in [0, 0.05) is 35.6 Å². The van der Waals surface area contributed by atoms with E-state index < -0.39 is 6.17 Å². The SMILES string of the molecule is C=CC(=O)NC1CC(n2c(NC(=O)c3ccc(C(C)F)s3)nc3cc(N(C)C(=O)C4CCCCC4)ccc32)C1. The number of hydrogen-bond donors (Lipinski definition) is 2. The van der Waals surface area contributed by atoms with Gasteiger partial charge in [0.1, 0.15) is 6.17 Å². The molecular formula is C29H34FN5O3S. The van der Waals surface area contributed by atoms with Gasteiger partial charge in [0.2, 0.25) is 17.8 Å². The summed E-state index contributed by atoms with van der Waals surface area (Å²) in [6, 6.07) is 8.98. The number of benzene rings is 1. The van der Waals surface area contributed by atoms with Crippen molar-refractivity contribution in [2.75, 3.05) is 17.3 Å². The summed E-state index contributed by atoms with van der Waals surface area (Å²) in [5.74, 6) is -0.0164. The van der Waals surface area contributed by atoms with Crippen molar-refractivity contribution in [3.8, 4) is 0 Å². The number of anilines is 2. The molecule has 0 spiro atoms. The molecule has 2 fully saturated rings. The van der Waals surface area contributed by atoms with Gasteiger partial charge in [-0.15, -0.1) is 11.3 Å². The van der Waals surface area contributed by atoms with Gasteiger partial charge in [-0.2, -0.15) is 0 Å². The van der Waals surface area contributed by atoms with Crippen LogP contribution < -0.4 is 15.5 Å². The molecule has 3 amide bonds. The summed E-state index contributed by atoms with van der Waals surface area (Å²) in [5, 5.41) is 5.84. The third-order valence-corrected chi connectivity index (χ3v) is 9.06. The van der Waals surface area contributed by atoms with Crippen molar-refractivity contribution in [1.29, 1.82) is 0 Å². The molecule has 1 unspecified atom stereocenters. The Morgan fingerprint density at radius 1 is 1.18 bits per heavy atom. The first-order valence-corrected chi connectivity index (χ1v) is 14.3. The fraction of sp³-hybridized carbons (Fsp3) is 0.448. The van der Waals surface area contributed by atoms with Crippen molar-refractivity contribution < 1.29 is 18.8 Å². The lowest BCUT2D eigenvalue weighted by Gasteiger charge is -2.37. The highest BCUT2D eigenvalue weighted by Gasteiger charge is 2.34. The van der Waals surface area contributed by atoms with E-state index in [1.165, 1.54) is 19.4 Å². The number of carbonyl (C=O) groups is 3. The van der Waals surface area contributed by atoms with Crippen molar-refractivity contribution >= 4 is 51.7 Å². The fourth-order valence-electron chi connectivity index (χ4n) is 5.53. The average Bonchev–Trinajstić information content (AvgIpc) is 3.55. The Labute approximate surface area is 231 Å². The minimum absolute atomic E-state index is 0.00548. The number of nitrogens with one attached hydrogen (secondary N) is 2. The zero-order valence-electron chi connectivity index (χ0n) is 22.3. The first-order chi connectivity index (χ1) is 18.7. The summed E-state index contributed by atoms with van der Waals surface area (Å²) >= 11 is 1.12. The van der Waals surface area contributed by atoms with Gasteiger partial charge in [-0.3, -0.25) is 19.7 Å². The lowest BCUT2D eigenvalue weighted by Crippen LogP contribution is -2.44. The molecule has 5 rings (SSSR count). The Balaban J connectivity index is 1.43. The summed E-state index contributed by atoms with van der Waals surface area (Å²) < 4.78 is 15.7. The van der Waals surface area contributed by atoms with E-state index in [2.05, 4.69) is 17.2 Å². The molecule has 0 saturated heterocycles. The highest BCUT2D eigenvalue weighted by molar-refractivity contribution is 7.14. The van der Waals surface area contributed by atoms with Gasteiger partial charge in [0.05, 0.1) is 15.9 Å². The third-order valence-electron chi connectivity index (χ3n) is 7.82. The van der Waals surface area contributed by atoms with Crippen molar-refractivity contribution in [2.24, 2.45) is 5.92 Å². The minimum atomic E-state index is -1.15. The molecule has 0 radical (unpaired) electrons. The number of thiophene rings is 1. The predicted octanol–water partition coefficient (Wildman–Crippen LogP) is 5.93. The molecule has 3 aromatic rings. The summed E-state index contributed by atoms with van der Waals surface area (Å²) in [5.41, 5.74) is 2.24. The van der Waals surface area contributed by atoms with Gasteiger partial charge < -0.3 is 14.8 Å². The number of alkyl halides is 1. The lowest BCUT2D eigenvalue weighted by atomic mass is 9.86. The summed E-state index contributed by atoms with van der Waals surface area (Å²) in [7, 11) is 1.80. The van der Waals surface area contributed by atoms with E-state index in [0.717, 1.165) is 48.2 Å². The van der Waals surface area contributed by atoms with Crippen LogP contribution >= 0.6 is 11.3 Å². The summed E-state index contributed by atoms with van der Waals surface area (Å²) in [6.45, 7) is 4.95. The lowest BCUT2D eigenvalue weighted by molar-refractivity contribution is -0.123. The Hall–Kier alpha value is -3.53. The molecule has 2 heterocycles. The van der Waals surface area contributed by atoms with Crippen LogP contribution in [0.1, 0.15) is 78.6 Å². The smallest absolute Gasteiger partial charge is 0.268 e. The van der Waals surface area contributed by atoms with E-state index in [-0.39, 0.29) is 35.7 Å².